The molecular formula is C25H26FN3O3. The van der Waals surface area contributed by atoms with Gasteiger partial charge in [-0.3, -0.25) is 0 Å². The number of ether oxygens (including phenoxy) is 1. The average Bonchev–Trinajstić information content (AvgIpc) is 3.59. The van der Waals surface area contributed by atoms with E-state index < -0.39 is 17.2 Å². The molecule has 1 aromatic heterocycles. The molecule has 0 spiro atoms. The highest BCUT2D eigenvalue weighted by Gasteiger charge is 2.47. The summed E-state index contributed by atoms with van der Waals surface area (Å²) in [7, 11) is 0. The van der Waals surface area contributed by atoms with E-state index in [4.69, 9.17) is 10.5 Å². The van der Waals surface area contributed by atoms with Gasteiger partial charge >= 0.3 is 6.09 Å². The number of nitrogens with one attached hydrogen (secondary N) is 1. The number of nitrogens with two attached hydrogens (primary N) is 1. The van der Waals surface area contributed by atoms with E-state index >= 15 is 0 Å². The summed E-state index contributed by atoms with van der Waals surface area (Å²) >= 11 is 0. The van der Waals surface area contributed by atoms with Gasteiger partial charge in [0.05, 0.1) is 16.9 Å². The Kier molecular flexibility index (Phi) is 5.95. The van der Waals surface area contributed by atoms with Crippen LogP contribution in [0.4, 0.5) is 9.18 Å². The van der Waals surface area contributed by atoms with Gasteiger partial charge in [0.15, 0.2) is 0 Å². The van der Waals surface area contributed by atoms with Crippen LogP contribution < -0.4 is 11.1 Å². The number of alkyl carbamates (subject to hydrolysis) is 1. The Labute approximate surface area is 186 Å². The first-order valence-electron chi connectivity index (χ1n) is 10.5. The van der Waals surface area contributed by atoms with Crippen molar-refractivity contribution in [2.24, 2.45) is 5.73 Å². The Morgan fingerprint density at radius 3 is 2.50 bits per heavy atom. The highest BCUT2D eigenvalue weighted by Crippen LogP contribution is 2.47. The van der Waals surface area contributed by atoms with Crippen LogP contribution in [0, 0.1) is 5.82 Å². The summed E-state index contributed by atoms with van der Waals surface area (Å²) in [5.41, 5.74) is 7.16. The number of rotatable bonds is 7. The van der Waals surface area contributed by atoms with Gasteiger partial charge in [0, 0.05) is 12.1 Å². The minimum Gasteiger partial charge on any atom is -0.445 e. The molecule has 7 heteroatoms. The zero-order valence-corrected chi connectivity index (χ0v) is 17.8. The molecule has 1 saturated carbocycles. The zero-order valence-electron chi connectivity index (χ0n) is 17.8. The fourth-order valence-corrected chi connectivity index (χ4v) is 3.52. The van der Waals surface area contributed by atoms with E-state index in [0.717, 1.165) is 24.0 Å². The number of carbonyl (C=O) groups excluding carboxylic acids is 1. The van der Waals surface area contributed by atoms with Gasteiger partial charge in [0.25, 0.3) is 0 Å². The van der Waals surface area contributed by atoms with Crippen LogP contribution in [0.15, 0.2) is 66.7 Å². The Morgan fingerprint density at radius 1 is 1.19 bits per heavy atom. The van der Waals surface area contributed by atoms with E-state index in [-0.39, 0.29) is 19.0 Å². The van der Waals surface area contributed by atoms with Crippen molar-refractivity contribution in [1.29, 1.82) is 0 Å². The molecule has 1 amide bonds. The molecule has 4 rings (SSSR count). The number of nitrogens with zero attached hydrogens (tertiary/aromatic N) is 1. The number of carbonyl (C=O) groups is 1. The minimum atomic E-state index is -1.35. The Bertz CT molecular complexity index is 1100. The van der Waals surface area contributed by atoms with Gasteiger partial charge in [-0.05, 0) is 67.3 Å². The minimum absolute atomic E-state index is 0.0220. The van der Waals surface area contributed by atoms with E-state index in [1.54, 1.807) is 25.1 Å². The average molecular weight is 435 g/mol. The van der Waals surface area contributed by atoms with E-state index in [2.05, 4.69) is 10.3 Å². The summed E-state index contributed by atoms with van der Waals surface area (Å²) in [6, 6.07) is 19.0. The molecule has 1 heterocycles. The van der Waals surface area contributed by atoms with Gasteiger partial charge in [-0.25, -0.2) is 14.2 Å². The normalized spacial score (nSPS) is 16.1. The topological polar surface area (TPSA) is 97.5 Å². The van der Waals surface area contributed by atoms with Crippen molar-refractivity contribution in [2.75, 3.05) is 6.54 Å². The quantitative estimate of drug-likeness (QED) is 0.522. The first-order valence-corrected chi connectivity index (χ1v) is 10.5. The van der Waals surface area contributed by atoms with Crippen molar-refractivity contribution < 1.29 is 19.0 Å². The number of amides is 1. The Morgan fingerprint density at radius 2 is 1.88 bits per heavy atom. The number of aliphatic hydroxyl groups is 1. The molecule has 1 fully saturated rings. The Balaban J connectivity index is 1.61. The molecule has 166 valence electrons. The molecule has 32 heavy (non-hydrogen) atoms. The first kappa shape index (κ1) is 21.9. The molecule has 0 bridgehead atoms. The summed E-state index contributed by atoms with van der Waals surface area (Å²) in [6.45, 7) is 1.74. The van der Waals surface area contributed by atoms with Crippen LogP contribution >= 0.6 is 0 Å². The third-order valence-corrected chi connectivity index (χ3v) is 5.77. The van der Waals surface area contributed by atoms with E-state index in [1.165, 1.54) is 12.1 Å². The number of hydrogen-bond donors (Lipinski definition) is 3. The van der Waals surface area contributed by atoms with Crippen molar-refractivity contribution in [2.45, 2.75) is 37.5 Å². The molecule has 2 aromatic carbocycles. The SMILES string of the molecule is CC(O)(CN)c1cc(C2(NC(=O)OCc3ccccc3)CC2)cc(-c2ccc(F)cc2)n1. The van der Waals surface area contributed by atoms with Crippen LogP contribution in [0.5, 0.6) is 0 Å². The summed E-state index contributed by atoms with van der Waals surface area (Å²) in [5, 5.41) is 13.7. The van der Waals surface area contributed by atoms with Crippen molar-refractivity contribution in [1.82, 2.24) is 10.3 Å². The standard InChI is InChI=1S/C25H26FN3O3/c1-24(31,16-27)22-14-19(13-21(28-22)18-7-9-20(26)10-8-18)25(11-12-25)29-23(30)32-15-17-5-3-2-4-6-17/h2-10,13-14,31H,11-12,15-16,27H2,1H3,(H,29,30). The fraction of sp³-hybridized carbons (Fsp3) is 0.280. The molecule has 1 aliphatic rings. The first-order chi connectivity index (χ1) is 15.3. The molecule has 0 radical (unpaired) electrons. The highest BCUT2D eigenvalue weighted by atomic mass is 19.1. The van der Waals surface area contributed by atoms with Gasteiger partial charge < -0.3 is 20.9 Å². The molecular weight excluding hydrogens is 409 g/mol. The van der Waals surface area contributed by atoms with Crippen LogP contribution in [-0.4, -0.2) is 22.7 Å². The maximum absolute atomic E-state index is 13.4. The van der Waals surface area contributed by atoms with E-state index in [1.807, 2.05) is 36.4 Å². The summed E-state index contributed by atoms with van der Waals surface area (Å²) in [4.78, 5) is 17.1. The highest BCUT2D eigenvalue weighted by molar-refractivity contribution is 5.70. The lowest BCUT2D eigenvalue weighted by molar-refractivity contribution is 0.0622. The van der Waals surface area contributed by atoms with Crippen LogP contribution in [0.3, 0.4) is 0 Å². The summed E-state index contributed by atoms with van der Waals surface area (Å²) in [6.07, 6.45) is 0.938. The lowest BCUT2D eigenvalue weighted by Gasteiger charge is -2.25. The summed E-state index contributed by atoms with van der Waals surface area (Å²) < 4.78 is 18.8. The van der Waals surface area contributed by atoms with Crippen LogP contribution in [-0.2, 0) is 22.5 Å². The largest absolute Gasteiger partial charge is 0.445 e. The smallest absolute Gasteiger partial charge is 0.408 e. The molecule has 0 saturated heterocycles. The van der Waals surface area contributed by atoms with Crippen molar-refractivity contribution in [3.63, 3.8) is 0 Å². The van der Waals surface area contributed by atoms with Crippen LogP contribution in [0.1, 0.15) is 36.6 Å². The lowest BCUT2D eigenvalue weighted by Crippen LogP contribution is -2.37. The molecule has 1 unspecified atom stereocenters. The zero-order chi connectivity index (χ0) is 22.8. The molecule has 0 aliphatic heterocycles. The lowest BCUT2D eigenvalue weighted by atomic mass is 9.95. The third-order valence-electron chi connectivity index (χ3n) is 5.77. The van der Waals surface area contributed by atoms with Gasteiger partial charge in [-0.1, -0.05) is 30.3 Å². The maximum atomic E-state index is 13.4. The van der Waals surface area contributed by atoms with Crippen molar-refractivity contribution in [3.8, 4) is 11.3 Å². The van der Waals surface area contributed by atoms with Gasteiger partial charge in [0.1, 0.15) is 18.0 Å². The van der Waals surface area contributed by atoms with E-state index in [9.17, 15) is 14.3 Å². The second-order valence-electron chi connectivity index (χ2n) is 8.38. The van der Waals surface area contributed by atoms with Gasteiger partial charge in [-0.15, -0.1) is 0 Å². The van der Waals surface area contributed by atoms with Gasteiger partial charge in [-0.2, -0.15) is 0 Å². The molecule has 4 N–H and O–H groups in total. The molecule has 1 atom stereocenters. The number of aromatic nitrogens is 1. The second kappa shape index (κ2) is 8.68. The monoisotopic (exact) mass is 435 g/mol. The second-order valence-corrected chi connectivity index (χ2v) is 8.38. The predicted octanol–water partition coefficient (Wildman–Crippen LogP) is 3.97. The molecule has 3 aromatic rings. The molecule has 1 aliphatic carbocycles. The third kappa shape index (κ3) is 4.79. The fourth-order valence-electron chi connectivity index (χ4n) is 3.52. The van der Waals surface area contributed by atoms with E-state index in [0.29, 0.717) is 17.0 Å². The number of benzene rings is 2. The molecule has 6 nitrogen and oxygen atoms in total. The van der Waals surface area contributed by atoms with Crippen LogP contribution in [0.2, 0.25) is 0 Å². The number of halogens is 1. The maximum Gasteiger partial charge on any atom is 0.408 e. The van der Waals surface area contributed by atoms with Gasteiger partial charge in [0.2, 0.25) is 0 Å². The predicted molar refractivity (Wildman–Crippen MR) is 119 cm³/mol. The Hall–Kier alpha value is -3.29. The van der Waals surface area contributed by atoms with Crippen molar-refractivity contribution >= 4 is 6.09 Å². The van der Waals surface area contributed by atoms with Crippen LogP contribution in [0.25, 0.3) is 11.3 Å². The number of hydrogen-bond acceptors (Lipinski definition) is 5. The number of pyridine rings is 1. The summed E-state index contributed by atoms with van der Waals surface area (Å²) in [5.74, 6) is -0.347. The van der Waals surface area contributed by atoms with Crippen molar-refractivity contribution in [3.05, 3.63) is 89.4 Å².